The van der Waals surface area contributed by atoms with Crippen LogP contribution in [0.15, 0.2) is 24.3 Å². The van der Waals surface area contributed by atoms with Crippen molar-refractivity contribution in [1.29, 1.82) is 0 Å². The van der Waals surface area contributed by atoms with E-state index in [1.54, 1.807) is 6.08 Å². The largest absolute Gasteiger partial charge is 0.466 e. The lowest BCUT2D eigenvalue weighted by molar-refractivity contribution is -0.302. The van der Waals surface area contributed by atoms with E-state index >= 15 is 0 Å². The molecule has 6 N–H and O–H groups in total. The summed E-state index contributed by atoms with van der Waals surface area (Å²) >= 11 is 0. The van der Waals surface area contributed by atoms with Gasteiger partial charge < -0.3 is 45.1 Å². The van der Waals surface area contributed by atoms with Gasteiger partial charge in [-0.25, -0.2) is 0 Å². The van der Waals surface area contributed by atoms with Gasteiger partial charge in [0.1, 0.15) is 24.4 Å². The molecule has 0 spiro atoms. The zero-order valence-corrected chi connectivity index (χ0v) is 50.9. The molecule has 0 aliphatic carbocycles. The highest BCUT2D eigenvalue weighted by Gasteiger charge is 2.44. The first-order valence-electron chi connectivity index (χ1n) is 33.6. The fraction of sp³-hybridized carbons (Fsp3) is 0.910. The molecule has 78 heavy (non-hydrogen) atoms. The van der Waals surface area contributed by atoms with Crippen molar-refractivity contribution >= 4 is 11.9 Å². The number of ether oxygens (including phenoxy) is 3. The van der Waals surface area contributed by atoms with Gasteiger partial charge in [0.2, 0.25) is 5.91 Å². The summed E-state index contributed by atoms with van der Waals surface area (Å²) in [5, 5.41) is 54.3. The van der Waals surface area contributed by atoms with Gasteiger partial charge in [0.05, 0.1) is 32.0 Å². The van der Waals surface area contributed by atoms with E-state index in [2.05, 4.69) is 31.3 Å². The molecule has 11 heteroatoms. The number of amides is 1. The molecule has 1 aliphatic heterocycles. The maximum Gasteiger partial charge on any atom is 0.305 e. The smallest absolute Gasteiger partial charge is 0.305 e. The molecule has 1 amide bonds. The van der Waals surface area contributed by atoms with E-state index < -0.39 is 49.5 Å². The first-order valence-corrected chi connectivity index (χ1v) is 33.6. The summed E-state index contributed by atoms with van der Waals surface area (Å²) in [7, 11) is 0. The second kappa shape index (κ2) is 57.0. The fourth-order valence-electron chi connectivity index (χ4n) is 10.7. The Balaban J connectivity index is 1.94. The van der Waals surface area contributed by atoms with Crippen molar-refractivity contribution in [2.24, 2.45) is 0 Å². The lowest BCUT2D eigenvalue weighted by Gasteiger charge is -2.40. The van der Waals surface area contributed by atoms with E-state index in [0.29, 0.717) is 19.4 Å². The van der Waals surface area contributed by atoms with Crippen LogP contribution in [0.2, 0.25) is 0 Å². The van der Waals surface area contributed by atoms with Crippen LogP contribution in [-0.2, 0) is 23.8 Å². The van der Waals surface area contributed by atoms with E-state index in [0.717, 1.165) is 51.4 Å². The monoisotopic (exact) mass is 1110 g/mol. The molecular formula is C67H127NO10. The average Bonchev–Trinajstić information content (AvgIpc) is 3.45. The molecule has 11 nitrogen and oxygen atoms in total. The molecule has 0 aromatic rings. The Morgan fingerprint density at radius 3 is 1.23 bits per heavy atom. The Hall–Kier alpha value is -1.86. The summed E-state index contributed by atoms with van der Waals surface area (Å²) in [6.07, 6.45) is 60.3. The van der Waals surface area contributed by atoms with Crippen LogP contribution in [0.4, 0.5) is 0 Å². The molecule has 460 valence electrons. The van der Waals surface area contributed by atoms with E-state index in [4.69, 9.17) is 14.2 Å². The third kappa shape index (κ3) is 45.7. The molecular weight excluding hydrogens is 979 g/mol. The maximum absolute atomic E-state index is 13.0. The Bertz CT molecular complexity index is 1350. The molecule has 1 fully saturated rings. The SMILES string of the molecule is CCCCCCCCC/C=C/C(O)C(COC1OC(CO)C(O)C(O)C1O)NC(=O)CCCCCCCCCCCCCCC/C=C\CCCCCCCCCCCCCCOC(=O)CCCCCCCCCCCCCC. The third-order valence-corrected chi connectivity index (χ3v) is 16.1. The fourth-order valence-corrected chi connectivity index (χ4v) is 10.7. The van der Waals surface area contributed by atoms with Crippen LogP contribution in [0.1, 0.15) is 328 Å². The number of esters is 1. The molecule has 1 saturated heterocycles. The normalized spacial score (nSPS) is 18.6. The van der Waals surface area contributed by atoms with Gasteiger partial charge >= 0.3 is 5.97 Å². The van der Waals surface area contributed by atoms with Gasteiger partial charge in [0.15, 0.2) is 6.29 Å². The van der Waals surface area contributed by atoms with Gasteiger partial charge in [-0.2, -0.15) is 0 Å². The molecule has 0 bridgehead atoms. The average molecular weight is 1110 g/mol. The summed E-state index contributed by atoms with van der Waals surface area (Å²) in [5.74, 6) is -0.173. The molecule has 0 radical (unpaired) electrons. The highest BCUT2D eigenvalue weighted by molar-refractivity contribution is 5.76. The Labute approximate surface area is 480 Å². The third-order valence-electron chi connectivity index (χ3n) is 16.1. The van der Waals surface area contributed by atoms with Crippen LogP contribution in [0.25, 0.3) is 0 Å². The number of aliphatic hydroxyl groups is 5. The lowest BCUT2D eigenvalue weighted by atomic mass is 9.99. The number of allylic oxidation sites excluding steroid dienone is 3. The van der Waals surface area contributed by atoms with Crippen molar-refractivity contribution in [1.82, 2.24) is 5.32 Å². The number of unbranched alkanes of at least 4 members (excludes halogenated alkanes) is 43. The molecule has 1 aliphatic rings. The van der Waals surface area contributed by atoms with Crippen molar-refractivity contribution in [3.8, 4) is 0 Å². The quantitative estimate of drug-likeness (QED) is 0.0195. The van der Waals surface area contributed by atoms with Crippen molar-refractivity contribution in [3.05, 3.63) is 24.3 Å². The standard InChI is InChI=1S/C67H127NO10/c1-3-5-7-9-11-13-14-35-39-43-47-51-55-63(72)76-56-52-48-44-40-36-33-31-29-27-25-23-21-19-17-15-16-18-20-22-24-26-28-30-32-34-38-42-46-50-54-62(71)68-59(60(70)53-49-45-41-37-12-10-8-6-4-2)58-77-67-66(75)65(74)64(73)61(57-69)78-67/h15,17,49,53,59-61,64-67,69-70,73-75H,3-14,16,18-48,50-52,54-58H2,1-2H3,(H,68,71)/b17-15-,53-49+. The molecule has 7 unspecified atom stereocenters. The van der Waals surface area contributed by atoms with Crippen molar-refractivity contribution in [2.45, 2.75) is 371 Å². The van der Waals surface area contributed by atoms with Gasteiger partial charge in [0, 0.05) is 12.8 Å². The number of hydrogen-bond donors (Lipinski definition) is 6. The minimum atomic E-state index is -1.57. The number of carbonyl (C=O) groups is 2. The Morgan fingerprint density at radius 2 is 0.821 bits per heavy atom. The second-order valence-corrected chi connectivity index (χ2v) is 23.5. The highest BCUT2D eigenvalue weighted by atomic mass is 16.7. The first kappa shape index (κ1) is 74.2. The predicted octanol–water partition coefficient (Wildman–Crippen LogP) is 16.5. The summed E-state index contributed by atoms with van der Waals surface area (Å²) < 4.78 is 16.7. The molecule has 7 atom stereocenters. The number of hydrogen-bond acceptors (Lipinski definition) is 10. The highest BCUT2D eigenvalue weighted by Crippen LogP contribution is 2.23. The van der Waals surface area contributed by atoms with Gasteiger partial charge in [-0.15, -0.1) is 0 Å². The van der Waals surface area contributed by atoms with Crippen LogP contribution in [0.5, 0.6) is 0 Å². The van der Waals surface area contributed by atoms with Crippen LogP contribution >= 0.6 is 0 Å². The van der Waals surface area contributed by atoms with Gasteiger partial charge in [-0.3, -0.25) is 9.59 Å². The molecule has 0 aromatic carbocycles. The maximum atomic E-state index is 13.0. The number of rotatable bonds is 59. The van der Waals surface area contributed by atoms with E-state index in [1.807, 2.05) is 6.08 Å². The lowest BCUT2D eigenvalue weighted by Crippen LogP contribution is -2.60. The summed E-state index contributed by atoms with van der Waals surface area (Å²) in [4.78, 5) is 25.0. The number of aliphatic hydroxyl groups excluding tert-OH is 5. The molecule has 1 rings (SSSR count). The Kier molecular flexibility index (Phi) is 54.2. The van der Waals surface area contributed by atoms with Gasteiger partial charge in [-0.05, 0) is 57.8 Å². The Morgan fingerprint density at radius 1 is 0.462 bits per heavy atom. The molecule has 0 saturated carbocycles. The van der Waals surface area contributed by atoms with Crippen molar-refractivity contribution in [3.63, 3.8) is 0 Å². The minimum Gasteiger partial charge on any atom is -0.466 e. The van der Waals surface area contributed by atoms with Gasteiger partial charge in [-0.1, -0.05) is 282 Å². The van der Waals surface area contributed by atoms with Crippen LogP contribution in [0.3, 0.4) is 0 Å². The van der Waals surface area contributed by atoms with E-state index in [-0.39, 0.29) is 18.5 Å². The van der Waals surface area contributed by atoms with Crippen molar-refractivity contribution in [2.75, 3.05) is 19.8 Å². The van der Waals surface area contributed by atoms with Crippen LogP contribution in [0, 0.1) is 0 Å². The summed E-state index contributed by atoms with van der Waals surface area (Å²) in [6, 6.07) is -0.807. The van der Waals surface area contributed by atoms with Crippen LogP contribution in [-0.4, -0.2) is 100 Å². The summed E-state index contributed by atoms with van der Waals surface area (Å²) in [6.45, 7) is 4.34. The predicted molar refractivity (Wildman–Crippen MR) is 324 cm³/mol. The summed E-state index contributed by atoms with van der Waals surface area (Å²) in [5.41, 5.74) is 0. The minimum absolute atomic E-state index is 0.00877. The van der Waals surface area contributed by atoms with E-state index in [1.165, 1.54) is 250 Å². The second-order valence-electron chi connectivity index (χ2n) is 23.5. The zero-order valence-electron chi connectivity index (χ0n) is 50.9. The zero-order chi connectivity index (χ0) is 56.6. The topological polar surface area (TPSA) is 175 Å². The molecule has 1 heterocycles. The van der Waals surface area contributed by atoms with E-state index in [9.17, 15) is 35.1 Å². The van der Waals surface area contributed by atoms with Crippen LogP contribution < -0.4 is 5.32 Å². The molecule has 0 aromatic heterocycles. The van der Waals surface area contributed by atoms with Crippen molar-refractivity contribution < 1.29 is 49.3 Å². The number of nitrogens with one attached hydrogen (secondary N) is 1. The first-order chi connectivity index (χ1) is 38.2. The van der Waals surface area contributed by atoms with Gasteiger partial charge in [0.25, 0.3) is 0 Å². The number of carbonyl (C=O) groups excluding carboxylic acids is 2.